The lowest BCUT2D eigenvalue weighted by molar-refractivity contribution is -0.122. The molecule has 0 spiro atoms. The fraction of sp³-hybridized carbons (Fsp3) is 0.556. The van der Waals surface area contributed by atoms with Crippen molar-refractivity contribution < 1.29 is 13.6 Å². The predicted octanol–water partition coefficient (Wildman–Crippen LogP) is 0.463. The van der Waals surface area contributed by atoms with E-state index in [1.165, 1.54) is 4.68 Å². The summed E-state index contributed by atoms with van der Waals surface area (Å²) in [5.41, 5.74) is 7.46. The highest BCUT2D eigenvalue weighted by Gasteiger charge is 2.12. The van der Waals surface area contributed by atoms with Crippen LogP contribution in [-0.4, -0.2) is 28.7 Å². The van der Waals surface area contributed by atoms with Crippen molar-refractivity contribution in [2.45, 2.75) is 26.8 Å². The van der Waals surface area contributed by atoms with E-state index in [-0.39, 0.29) is 6.54 Å². The summed E-state index contributed by atoms with van der Waals surface area (Å²) >= 11 is 0. The number of aromatic nitrogens is 2. The monoisotopic (exact) mass is 232 g/mol. The Kier molecular flexibility index (Phi) is 3.81. The molecule has 0 fully saturated rings. The Morgan fingerprint density at radius 2 is 2.19 bits per heavy atom. The molecule has 0 aliphatic rings. The minimum absolute atomic E-state index is 0.101. The maximum absolute atomic E-state index is 11.8. The Labute approximate surface area is 91.6 Å². The van der Waals surface area contributed by atoms with Crippen molar-refractivity contribution in [2.24, 2.45) is 0 Å². The number of carbonyl (C=O) groups is 1. The van der Waals surface area contributed by atoms with Gasteiger partial charge in [0.25, 0.3) is 6.43 Å². The van der Waals surface area contributed by atoms with E-state index in [1.807, 2.05) is 0 Å². The zero-order valence-corrected chi connectivity index (χ0v) is 9.13. The van der Waals surface area contributed by atoms with Gasteiger partial charge >= 0.3 is 0 Å². The van der Waals surface area contributed by atoms with Gasteiger partial charge in [0.1, 0.15) is 6.54 Å². The van der Waals surface area contributed by atoms with Crippen molar-refractivity contribution >= 4 is 11.6 Å². The van der Waals surface area contributed by atoms with Crippen molar-refractivity contribution in [1.82, 2.24) is 15.1 Å². The first-order chi connectivity index (χ1) is 7.41. The molecule has 90 valence electrons. The predicted molar refractivity (Wildman–Crippen MR) is 55.1 cm³/mol. The minimum Gasteiger partial charge on any atom is -0.396 e. The van der Waals surface area contributed by atoms with E-state index in [1.54, 1.807) is 13.8 Å². The van der Waals surface area contributed by atoms with Crippen molar-refractivity contribution in [2.75, 3.05) is 12.3 Å². The summed E-state index contributed by atoms with van der Waals surface area (Å²) in [7, 11) is 0. The second-order valence-corrected chi connectivity index (χ2v) is 3.44. The number of rotatable bonds is 4. The van der Waals surface area contributed by atoms with Crippen LogP contribution in [0.5, 0.6) is 0 Å². The summed E-state index contributed by atoms with van der Waals surface area (Å²) in [5.74, 6) is -0.508. The molecule has 0 aliphatic heterocycles. The van der Waals surface area contributed by atoms with Crippen LogP contribution in [-0.2, 0) is 11.3 Å². The molecule has 3 N–H and O–H groups in total. The van der Waals surface area contributed by atoms with Crippen molar-refractivity contribution in [3.63, 3.8) is 0 Å². The van der Waals surface area contributed by atoms with E-state index in [0.717, 1.165) is 0 Å². The largest absolute Gasteiger partial charge is 0.396 e. The quantitative estimate of drug-likeness (QED) is 0.792. The highest BCUT2D eigenvalue weighted by molar-refractivity contribution is 5.75. The molecule has 0 unspecified atom stereocenters. The zero-order valence-electron chi connectivity index (χ0n) is 9.13. The number of nitrogens with one attached hydrogen (secondary N) is 1. The van der Waals surface area contributed by atoms with E-state index in [4.69, 9.17) is 5.73 Å². The highest BCUT2D eigenvalue weighted by atomic mass is 19.3. The van der Waals surface area contributed by atoms with Crippen LogP contribution in [0.1, 0.15) is 11.4 Å². The fourth-order valence-electron chi connectivity index (χ4n) is 1.25. The van der Waals surface area contributed by atoms with E-state index in [2.05, 4.69) is 10.4 Å². The number of amides is 1. The van der Waals surface area contributed by atoms with Gasteiger partial charge in [0.05, 0.1) is 23.6 Å². The molecule has 0 atom stereocenters. The van der Waals surface area contributed by atoms with Crippen LogP contribution in [0.15, 0.2) is 0 Å². The van der Waals surface area contributed by atoms with Crippen LogP contribution in [0.4, 0.5) is 14.5 Å². The molecule has 5 nitrogen and oxygen atoms in total. The molecule has 1 aromatic rings. The number of nitrogen functional groups attached to an aromatic ring is 1. The zero-order chi connectivity index (χ0) is 12.3. The normalized spacial score (nSPS) is 10.8. The van der Waals surface area contributed by atoms with Crippen molar-refractivity contribution in [3.8, 4) is 0 Å². The van der Waals surface area contributed by atoms with Gasteiger partial charge in [-0.1, -0.05) is 0 Å². The Hall–Kier alpha value is -1.66. The van der Waals surface area contributed by atoms with Crippen LogP contribution in [0.3, 0.4) is 0 Å². The first-order valence-electron chi connectivity index (χ1n) is 4.76. The summed E-state index contributed by atoms with van der Waals surface area (Å²) in [6.07, 6.45) is -2.55. The third-order valence-corrected chi connectivity index (χ3v) is 2.18. The molecule has 0 saturated heterocycles. The maximum Gasteiger partial charge on any atom is 0.255 e. The van der Waals surface area contributed by atoms with Gasteiger partial charge in [-0.3, -0.25) is 9.48 Å². The first kappa shape index (κ1) is 12.4. The number of nitrogens with two attached hydrogens (primary N) is 1. The third-order valence-electron chi connectivity index (χ3n) is 2.18. The van der Waals surface area contributed by atoms with Gasteiger partial charge < -0.3 is 11.1 Å². The van der Waals surface area contributed by atoms with E-state index in [0.29, 0.717) is 17.1 Å². The van der Waals surface area contributed by atoms with E-state index >= 15 is 0 Å². The molecular weight excluding hydrogens is 218 g/mol. The average molecular weight is 232 g/mol. The molecule has 1 rings (SSSR count). The number of carbonyl (C=O) groups excluding carboxylic acids is 1. The number of halogens is 2. The molecule has 0 aromatic carbocycles. The molecule has 1 heterocycles. The van der Waals surface area contributed by atoms with Crippen LogP contribution in [0.2, 0.25) is 0 Å². The van der Waals surface area contributed by atoms with Crippen LogP contribution in [0, 0.1) is 13.8 Å². The highest BCUT2D eigenvalue weighted by Crippen LogP contribution is 2.14. The molecule has 7 heteroatoms. The van der Waals surface area contributed by atoms with Crippen LogP contribution >= 0.6 is 0 Å². The number of nitrogens with zero attached hydrogens (tertiary/aromatic N) is 2. The minimum atomic E-state index is -2.55. The summed E-state index contributed by atoms with van der Waals surface area (Å²) in [6.45, 7) is 2.69. The number of aryl methyl sites for hydroxylation is 1. The molecule has 16 heavy (non-hydrogen) atoms. The first-order valence-corrected chi connectivity index (χ1v) is 4.76. The fourth-order valence-corrected chi connectivity index (χ4v) is 1.25. The SMILES string of the molecule is Cc1nn(CC(=O)NCC(F)F)c(C)c1N. The Morgan fingerprint density at radius 1 is 1.56 bits per heavy atom. The summed E-state index contributed by atoms with van der Waals surface area (Å²) in [4.78, 5) is 11.2. The Morgan fingerprint density at radius 3 is 2.62 bits per heavy atom. The molecule has 0 saturated carbocycles. The standard InChI is InChI=1S/C9H14F2N4O/c1-5-9(12)6(2)15(14-5)4-8(16)13-3-7(10)11/h7H,3-4,12H2,1-2H3,(H,13,16). The molecule has 0 aliphatic carbocycles. The van der Waals surface area contributed by atoms with Gasteiger partial charge in [0, 0.05) is 0 Å². The lowest BCUT2D eigenvalue weighted by Gasteiger charge is -2.05. The van der Waals surface area contributed by atoms with Gasteiger partial charge in [-0.25, -0.2) is 8.78 Å². The maximum atomic E-state index is 11.8. The third kappa shape index (κ3) is 2.91. The van der Waals surface area contributed by atoms with Gasteiger partial charge in [0.2, 0.25) is 5.91 Å². The molecular formula is C9H14F2N4O. The summed E-state index contributed by atoms with van der Waals surface area (Å²) < 4.78 is 25.0. The van der Waals surface area contributed by atoms with E-state index in [9.17, 15) is 13.6 Å². The lowest BCUT2D eigenvalue weighted by Crippen LogP contribution is -2.32. The summed E-state index contributed by atoms with van der Waals surface area (Å²) in [6, 6.07) is 0. The van der Waals surface area contributed by atoms with Crippen LogP contribution in [0.25, 0.3) is 0 Å². The molecule has 1 aromatic heterocycles. The van der Waals surface area contributed by atoms with Gasteiger partial charge in [-0.05, 0) is 13.8 Å². The lowest BCUT2D eigenvalue weighted by atomic mass is 10.3. The summed E-state index contributed by atoms with van der Waals surface area (Å²) in [5, 5.41) is 6.12. The Balaban J connectivity index is 2.60. The number of anilines is 1. The smallest absolute Gasteiger partial charge is 0.255 e. The molecule has 1 amide bonds. The van der Waals surface area contributed by atoms with Gasteiger partial charge in [-0.2, -0.15) is 5.10 Å². The number of hydrogen-bond acceptors (Lipinski definition) is 3. The number of hydrogen-bond donors (Lipinski definition) is 2. The van der Waals surface area contributed by atoms with E-state index < -0.39 is 18.9 Å². The second kappa shape index (κ2) is 4.91. The molecule has 0 radical (unpaired) electrons. The number of alkyl halides is 2. The van der Waals surface area contributed by atoms with Gasteiger partial charge in [0.15, 0.2) is 0 Å². The van der Waals surface area contributed by atoms with Crippen molar-refractivity contribution in [3.05, 3.63) is 11.4 Å². The topological polar surface area (TPSA) is 72.9 Å². The van der Waals surface area contributed by atoms with Crippen LogP contribution < -0.4 is 11.1 Å². The second-order valence-electron chi connectivity index (χ2n) is 3.44. The average Bonchev–Trinajstić information content (AvgIpc) is 2.43. The molecule has 0 bridgehead atoms. The van der Waals surface area contributed by atoms with Gasteiger partial charge in [-0.15, -0.1) is 0 Å². The Bertz CT molecular complexity index is 389. The van der Waals surface area contributed by atoms with Crippen molar-refractivity contribution in [1.29, 1.82) is 0 Å².